The predicted octanol–water partition coefficient (Wildman–Crippen LogP) is 16.1. The van der Waals surface area contributed by atoms with Gasteiger partial charge in [0.1, 0.15) is 5.58 Å². The average molecular weight is 1110 g/mol. The first-order valence-corrected chi connectivity index (χ1v) is 29.8. The van der Waals surface area contributed by atoms with Crippen molar-refractivity contribution in [1.29, 1.82) is 0 Å². The fraction of sp³-hybridized carbons (Fsp3) is 0.254. The molecule has 0 aliphatic heterocycles. The molecule has 0 amide bonds. The van der Waals surface area contributed by atoms with Crippen LogP contribution in [0.4, 0.5) is 4.39 Å². The van der Waals surface area contributed by atoms with Gasteiger partial charge in [-0.2, -0.15) is 0 Å². The summed E-state index contributed by atoms with van der Waals surface area (Å²) in [6.45, 7) is 12.2. The number of hydrogen-bond donors (Lipinski definition) is 0. The molecule has 1 radical (unpaired) electrons. The van der Waals surface area contributed by atoms with Crippen molar-refractivity contribution in [2.45, 2.75) is 90.8 Å². The number of pyridine rings is 1. The molecule has 3 heterocycles. The Morgan fingerprint density at radius 3 is 2.15 bits per heavy atom. The van der Waals surface area contributed by atoms with Gasteiger partial charge in [0.2, 0.25) is 0 Å². The van der Waals surface area contributed by atoms with Crippen molar-refractivity contribution < 1.29 is 35.8 Å². The molecule has 0 atom stereocenters. The Balaban J connectivity index is 0.000000205. The third-order valence-electron chi connectivity index (χ3n) is 12.0. The second-order valence-electron chi connectivity index (χ2n) is 19.8. The van der Waals surface area contributed by atoms with E-state index in [2.05, 4.69) is 164 Å². The number of imidazole rings is 1. The molecule has 0 unspecified atom stereocenters. The Labute approximate surface area is 412 Å². The zero-order valence-electron chi connectivity index (χ0n) is 44.2. The number of benzene rings is 7. The minimum Gasteiger partial charge on any atom is 0 e. The zero-order chi connectivity index (χ0) is 50.2. The first kappa shape index (κ1) is 40.8. The van der Waals surface area contributed by atoms with Crippen molar-refractivity contribution in [2.75, 3.05) is 0 Å². The van der Waals surface area contributed by atoms with Crippen LogP contribution in [0, 0.1) is 30.2 Å². The van der Waals surface area contributed by atoms with Crippen LogP contribution in [0.5, 0.6) is 0 Å². The van der Waals surface area contributed by atoms with E-state index >= 15 is 0 Å². The summed E-state index contributed by atoms with van der Waals surface area (Å²) in [6, 6.07) is 46.8. The molecule has 10 rings (SSSR count). The van der Waals surface area contributed by atoms with E-state index in [9.17, 15) is 4.39 Å². The van der Waals surface area contributed by atoms with Crippen LogP contribution in [0.3, 0.4) is 0 Å². The smallest absolute Gasteiger partial charge is 0 e. The quantitative estimate of drug-likeness (QED) is 0.0907. The van der Waals surface area contributed by atoms with Gasteiger partial charge < -0.3 is 8.98 Å². The van der Waals surface area contributed by atoms with Gasteiger partial charge in [-0.3, -0.25) is 4.98 Å². The summed E-state index contributed by atoms with van der Waals surface area (Å²) in [5, 5.41) is 7.09. The van der Waals surface area contributed by atoms with Crippen LogP contribution in [-0.2, 0) is 26.5 Å². The Kier molecular flexibility index (Phi) is 11.4. The monoisotopic (exact) mass is 1120 g/mol. The molecule has 0 fully saturated rings. The van der Waals surface area contributed by atoms with Crippen molar-refractivity contribution in [1.82, 2.24) is 14.5 Å². The first-order valence-electron chi connectivity index (χ1n) is 25.0. The van der Waals surface area contributed by atoms with E-state index in [0.717, 1.165) is 54.8 Å². The van der Waals surface area contributed by atoms with Gasteiger partial charge in [-0.1, -0.05) is 99.8 Å². The van der Waals surface area contributed by atoms with Crippen LogP contribution < -0.4 is 4.40 Å². The number of hydrogen-bond acceptors (Lipinski definition) is 3. The summed E-state index contributed by atoms with van der Waals surface area (Å²) in [5.41, 5.74) is 8.67. The third-order valence-corrected chi connectivity index (χ3v) is 16.2. The SMILES string of the molecule is CC(C)c1cccc(C(C)C)c1-n1c(-c2[c-]cc3oc4cc5ccc6ccccc6c5cc4c3c2)nc2ccccc21.[2H]C([2H])([2H])c1c[c-]c(-c2cc(C([2H])([2H])C(C)(C)C)[c]([Ge]([CH3])([CH3])[CH3])cn2)c(F)c1.[Ir]. The zero-order valence-corrected chi connectivity index (χ0v) is 43.7. The van der Waals surface area contributed by atoms with Crippen molar-refractivity contribution in [3.05, 3.63) is 168 Å². The van der Waals surface area contributed by atoms with Gasteiger partial charge in [-0.25, -0.2) is 0 Å². The number of fused-ring (bicyclic) bond motifs is 7. The molecule has 0 aliphatic rings. The van der Waals surface area contributed by atoms with Crippen molar-refractivity contribution in [3.63, 3.8) is 0 Å². The Morgan fingerprint density at radius 2 is 1.45 bits per heavy atom. The van der Waals surface area contributed by atoms with E-state index in [0.29, 0.717) is 17.4 Å². The van der Waals surface area contributed by atoms with Crippen molar-refractivity contribution >= 4 is 72.2 Å². The fourth-order valence-electron chi connectivity index (χ4n) is 8.92. The Morgan fingerprint density at radius 1 is 0.758 bits per heavy atom. The van der Waals surface area contributed by atoms with E-state index < -0.39 is 37.7 Å². The van der Waals surface area contributed by atoms with Gasteiger partial charge >= 0.3 is 149 Å². The molecular formula is C59H58FGeIrN3O-2. The van der Waals surface area contributed by atoms with Gasteiger partial charge in [0.25, 0.3) is 0 Å². The number of furan rings is 1. The summed E-state index contributed by atoms with van der Waals surface area (Å²) < 4.78 is 64.1. The van der Waals surface area contributed by atoms with Crippen LogP contribution in [0.1, 0.15) is 89.4 Å². The molecule has 337 valence electrons. The molecular weight excluding hydrogens is 1050 g/mol. The number of nitrogens with zero attached hydrogens (tertiary/aromatic N) is 3. The number of para-hydroxylation sites is 3. The summed E-state index contributed by atoms with van der Waals surface area (Å²) >= 11 is -2.47. The first-order chi connectivity index (χ1) is 32.9. The van der Waals surface area contributed by atoms with Crippen LogP contribution in [-0.4, -0.2) is 27.8 Å². The number of halogens is 1. The van der Waals surface area contributed by atoms with E-state index in [1.807, 2.05) is 26.8 Å². The van der Waals surface area contributed by atoms with E-state index in [1.54, 1.807) is 12.3 Å². The molecule has 0 aliphatic carbocycles. The summed E-state index contributed by atoms with van der Waals surface area (Å²) in [5.74, 6) is 7.38. The Hall–Kier alpha value is -5.40. The maximum Gasteiger partial charge on any atom is 0 e. The maximum absolute atomic E-state index is 14.7. The molecule has 4 nitrogen and oxygen atoms in total. The predicted molar refractivity (Wildman–Crippen MR) is 275 cm³/mol. The maximum atomic E-state index is 14.7. The van der Waals surface area contributed by atoms with Crippen molar-refractivity contribution in [3.8, 4) is 28.3 Å². The number of rotatable bonds is 7. The average Bonchev–Trinajstić information content (AvgIpc) is 3.87. The van der Waals surface area contributed by atoms with E-state index in [4.69, 9.17) is 16.3 Å². The van der Waals surface area contributed by atoms with Crippen LogP contribution >= 0.6 is 0 Å². The molecule has 0 bridgehead atoms. The number of aromatic nitrogens is 3. The van der Waals surface area contributed by atoms with Gasteiger partial charge in [0, 0.05) is 31.2 Å². The minimum atomic E-state index is -2.47. The normalized spacial score (nSPS) is 13.7. The topological polar surface area (TPSA) is 43.9 Å². The third kappa shape index (κ3) is 9.17. The van der Waals surface area contributed by atoms with E-state index in [1.165, 1.54) is 44.4 Å². The summed E-state index contributed by atoms with van der Waals surface area (Å²) in [4.78, 5) is 9.62. The molecule has 0 saturated heterocycles. The van der Waals surface area contributed by atoms with Gasteiger partial charge in [-0.05, 0) is 68.8 Å². The summed E-state index contributed by atoms with van der Waals surface area (Å²) in [6.07, 6.45) is 0.0207. The fourth-order valence-corrected chi connectivity index (χ4v) is 11.8. The molecule has 0 saturated carbocycles. The molecule has 0 N–H and O–H groups in total. The molecule has 66 heavy (non-hydrogen) atoms. The molecule has 10 aromatic rings. The van der Waals surface area contributed by atoms with Gasteiger partial charge in [-0.15, -0.1) is 23.8 Å². The standard InChI is InChI=1S/C39H31N2O.C20H27FGeN.Ir/c1-23(2)28-12-9-13-29(24(3)4)38(28)41-35-15-8-7-14-34(35)40-39(41)27-18-19-36-32(20-27)33-22-31-26(21-37(33)42-36)17-16-25-10-5-6-11-30(25)31;1-14-8-9-16(17(21)10-14)19-11-15(12-20(2,3)4)18(13-23-19)22(5,6)7;/h5-17,19-24H,1-4H3;8,10-11,13H,12H2,1-7H3;/q2*-1;/i;1D3,12D2;. The molecule has 7 heteroatoms. The van der Waals surface area contributed by atoms with Crippen molar-refractivity contribution in [2.24, 2.45) is 5.41 Å². The molecule has 7 aromatic carbocycles. The summed E-state index contributed by atoms with van der Waals surface area (Å²) in [7, 11) is 0. The minimum absolute atomic E-state index is 0. The largest absolute Gasteiger partial charge is 0 e. The second-order valence-corrected chi connectivity index (χ2v) is 30.4. The van der Waals surface area contributed by atoms with E-state index in [-0.39, 0.29) is 36.9 Å². The van der Waals surface area contributed by atoms with Gasteiger partial charge in [0.05, 0.1) is 22.4 Å². The van der Waals surface area contributed by atoms with Gasteiger partial charge in [0.15, 0.2) is 0 Å². The van der Waals surface area contributed by atoms with Crippen LogP contribution in [0.25, 0.3) is 82.8 Å². The molecule has 3 aromatic heterocycles. The van der Waals surface area contributed by atoms with Crippen LogP contribution in [0.2, 0.25) is 17.3 Å². The Bertz CT molecular complexity index is 3610. The number of aryl methyl sites for hydroxylation is 1. The molecule has 0 spiro atoms. The second kappa shape index (κ2) is 18.4. The van der Waals surface area contributed by atoms with Crippen LogP contribution in [0.15, 0.2) is 132 Å².